The maximum absolute atomic E-state index is 12.0. The summed E-state index contributed by atoms with van der Waals surface area (Å²) in [7, 11) is 0. The van der Waals surface area contributed by atoms with E-state index >= 15 is 0 Å². The number of Topliss-reactive ketones (excluding diaryl/α,β-unsaturated/α-hetero) is 2. The third kappa shape index (κ3) is 1.78. The summed E-state index contributed by atoms with van der Waals surface area (Å²) in [4.78, 5) is 34.4. The SMILES string of the molecule is CC(=O)OC1=C(C(C)=O)C(=O)c2ccccc21. The monoisotopic (exact) mass is 230 g/mol. The Morgan fingerprint density at radius 1 is 1.06 bits per heavy atom. The van der Waals surface area contributed by atoms with Crippen molar-refractivity contribution in [1.29, 1.82) is 0 Å². The van der Waals surface area contributed by atoms with Gasteiger partial charge in [0.25, 0.3) is 0 Å². The van der Waals surface area contributed by atoms with Crippen LogP contribution in [-0.4, -0.2) is 17.5 Å². The first-order chi connectivity index (χ1) is 8.02. The summed E-state index contributed by atoms with van der Waals surface area (Å²) in [5.74, 6) is -1.26. The summed E-state index contributed by atoms with van der Waals surface area (Å²) >= 11 is 0. The van der Waals surface area contributed by atoms with Gasteiger partial charge in [0.1, 0.15) is 5.57 Å². The van der Waals surface area contributed by atoms with Gasteiger partial charge in [0.05, 0.1) is 0 Å². The number of carbonyl (C=O) groups is 3. The van der Waals surface area contributed by atoms with E-state index in [1.807, 2.05) is 0 Å². The number of hydrogen-bond acceptors (Lipinski definition) is 4. The Bertz CT molecular complexity index is 567. The molecule has 0 amide bonds. The van der Waals surface area contributed by atoms with Crippen LogP contribution in [0.2, 0.25) is 0 Å². The van der Waals surface area contributed by atoms with Gasteiger partial charge in [0.2, 0.25) is 5.78 Å². The molecule has 0 heterocycles. The van der Waals surface area contributed by atoms with Gasteiger partial charge in [-0.2, -0.15) is 0 Å². The van der Waals surface area contributed by atoms with E-state index in [1.165, 1.54) is 13.8 Å². The minimum atomic E-state index is -0.553. The number of hydrogen-bond donors (Lipinski definition) is 0. The molecule has 2 rings (SSSR count). The summed E-state index contributed by atoms with van der Waals surface area (Å²) in [5.41, 5.74) is 0.841. The minimum Gasteiger partial charge on any atom is -0.425 e. The van der Waals surface area contributed by atoms with Crippen molar-refractivity contribution < 1.29 is 19.1 Å². The Balaban J connectivity index is 2.64. The standard InChI is InChI=1S/C13H10O4/c1-7(14)11-12(16)9-5-3-4-6-10(9)13(11)17-8(2)15/h3-6H,1-2H3. The molecular formula is C13H10O4. The predicted molar refractivity (Wildman–Crippen MR) is 60.1 cm³/mol. The first-order valence-electron chi connectivity index (χ1n) is 5.10. The van der Waals surface area contributed by atoms with Gasteiger partial charge in [-0.25, -0.2) is 0 Å². The molecule has 0 radical (unpaired) electrons. The molecule has 86 valence electrons. The third-order valence-electron chi connectivity index (χ3n) is 2.47. The summed E-state index contributed by atoms with van der Waals surface area (Å²) in [6.07, 6.45) is 0. The van der Waals surface area contributed by atoms with Crippen LogP contribution in [0.25, 0.3) is 5.76 Å². The summed E-state index contributed by atoms with van der Waals surface area (Å²) < 4.78 is 4.98. The zero-order valence-corrected chi connectivity index (χ0v) is 9.44. The fourth-order valence-electron chi connectivity index (χ4n) is 1.82. The molecule has 0 fully saturated rings. The topological polar surface area (TPSA) is 60.4 Å². The van der Waals surface area contributed by atoms with Gasteiger partial charge >= 0.3 is 5.97 Å². The van der Waals surface area contributed by atoms with Gasteiger partial charge in [-0.3, -0.25) is 14.4 Å². The fraction of sp³-hybridized carbons (Fsp3) is 0.154. The maximum atomic E-state index is 12.0. The van der Waals surface area contributed by atoms with Crippen molar-refractivity contribution in [3.63, 3.8) is 0 Å². The molecule has 0 aliphatic heterocycles. The molecule has 1 aliphatic carbocycles. The number of rotatable bonds is 2. The second kappa shape index (κ2) is 3.97. The molecule has 1 aromatic carbocycles. The number of fused-ring (bicyclic) bond motifs is 1. The number of esters is 1. The maximum Gasteiger partial charge on any atom is 0.308 e. The summed E-state index contributed by atoms with van der Waals surface area (Å²) in [6.45, 7) is 2.51. The molecule has 4 heteroatoms. The second-order valence-electron chi connectivity index (χ2n) is 3.73. The average molecular weight is 230 g/mol. The highest BCUT2D eigenvalue weighted by Crippen LogP contribution is 2.33. The number of benzene rings is 1. The Hall–Kier alpha value is -2.23. The normalized spacial score (nSPS) is 13.6. The van der Waals surface area contributed by atoms with Crippen molar-refractivity contribution in [2.24, 2.45) is 0 Å². The molecule has 17 heavy (non-hydrogen) atoms. The minimum absolute atomic E-state index is 0.0543. The predicted octanol–water partition coefficient (Wildman–Crippen LogP) is 1.75. The highest BCUT2D eigenvalue weighted by molar-refractivity contribution is 6.34. The van der Waals surface area contributed by atoms with Gasteiger partial charge in [0, 0.05) is 18.1 Å². The van der Waals surface area contributed by atoms with E-state index in [2.05, 4.69) is 0 Å². The van der Waals surface area contributed by atoms with E-state index in [-0.39, 0.29) is 17.1 Å². The molecule has 0 atom stereocenters. The highest BCUT2D eigenvalue weighted by Gasteiger charge is 2.34. The third-order valence-corrected chi connectivity index (χ3v) is 2.47. The van der Waals surface area contributed by atoms with E-state index in [0.29, 0.717) is 11.1 Å². The lowest BCUT2D eigenvalue weighted by Crippen LogP contribution is -2.08. The first-order valence-corrected chi connectivity index (χ1v) is 5.10. The van der Waals surface area contributed by atoms with E-state index in [0.717, 1.165) is 0 Å². The molecule has 0 N–H and O–H groups in total. The Morgan fingerprint density at radius 3 is 2.18 bits per heavy atom. The van der Waals surface area contributed by atoms with Crippen LogP contribution in [0.15, 0.2) is 29.8 Å². The molecule has 0 aromatic heterocycles. The van der Waals surface area contributed by atoms with Crippen LogP contribution in [0, 0.1) is 0 Å². The highest BCUT2D eigenvalue weighted by atomic mass is 16.5. The smallest absolute Gasteiger partial charge is 0.308 e. The molecule has 0 saturated heterocycles. The first kappa shape index (κ1) is 11.3. The van der Waals surface area contributed by atoms with Crippen molar-refractivity contribution in [3.8, 4) is 0 Å². The zero-order valence-electron chi connectivity index (χ0n) is 9.44. The molecule has 0 spiro atoms. The van der Waals surface area contributed by atoms with Crippen molar-refractivity contribution >= 4 is 23.3 Å². The number of carbonyl (C=O) groups excluding carboxylic acids is 3. The quantitative estimate of drug-likeness (QED) is 0.573. The largest absolute Gasteiger partial charge is 0.425 e. The lowest BCUT2D eigenvalue weighted by Gasteiger charge is -2.04. The number of ketones is 2. The molecule has 1 aromatic rings. The molecule has 0 bridgehead atoms. The van der Waals surface area contributed by atoms with Crippen LogP contribution < -0.4 is 0 Å². The van der Waals surface area contributed by atoms with Crippen molar-refractivity contribution in [2.45, 2.75) is 13.8 Å². The number of allylic oxidation sites excluding steroid dienone is 1. The van der Waals surface area contributed by atoms with Crippen molar-refractivity contribution in [2.75, 3.05) is 0 Å². The van der Waals surface area contributed by atoms with Crippen LogP contribution in [0.3, 0.4) is 0 Å². The molecule has 1 aliphatic rings. The van der Waals surface area contributed by atoms with Gasteiger partial charge in [-0.15, -0.1) is 0 Å². The lowest BCUT2D eigenvalue weighted by atomic mass is 10.1. The molecular weight excluding hydrogens is 220 g/mol. The van der Waals surface area contributed by atoms with Crippen LogP contribution in [0.5, 0.6) is 0 Å². The fourth-order valence-corrected chi connectivity index (χ4v) is 1.82. The van der Waals surface area contributed by atoms with Gasteiger partial charge in [-0.05, 0) is 6.92 Å². The van der Waals surface area contributed by atoms with E-state index in [4.69, 9.17) is 4.74 Å². The van der Waals surface area contributed by atoms with Gasteiger partial charge < -0.3 is 4.74 Å². The average Bonchev–Trinajstić information content (AvgIpc) is 2.52. The van der Waals surface area contributed by atoms with Gasteiger partial charge in [0.15, 0.2) is 11.5 Å². The molecule has 4 nitrogen and oxygen atoms in total. The van der Waals surface area contributed by atoms with Crippen LogP contribution in [0.4, 0.5) is 0 Å². The zero-order chi connectivity index (χ0) is 12.6. The second-order valence-corrected chi connectivity index (χ2v) is 3.73. The van der Waals surface area contributed by atoms with Crippen molar-refractivity contribution in [3.05, 3.63) is 41.0 Å². The van der Waals surface area contributed by atoms with Crippen LogP contribution in [-0.2, 0) is 14.3 Å². The lowest BCUT2D eigenvalue weighted by molar-refractivity contribution is -0.134. The Morgan fingerprint density at radius 2 is 1.65 bits per heavy atom. The van der Waals surface area contributed by atoms with E-state index in [1.54, 1.807) is 24.3 Å². The van der Waals surface area contributed by atoms with Crippen LogP contribution >= 0.6 is 0 Å². The van der Waals surface area contributed by atoms with Gasteiger partial charge in [-0.1, -0.05) is 24.3 Å². The Labute approximate surface area is 97.9 Å². The van der Waals surface area contributed by atoms with E-state index < -0.39 is 11.8 Å². The van der Waals surface area contributed by atoms with E-state index in [9.17, 15) is 14.4 Å². The molecule has 0 unspecified atom stereocenters. The van der Waals surface area contributed by atoms with Crippen LogP contribution in [0.1, 0.15) is 29.8 Å². The Kier molecular flexibility index (Phi) is 2.63. The summed E-state index contributed by atoms with van der Waals surface area (Å²) in [5, 5.41) is 0. The molecule has 0 saturated carbocycles. The number of ether oxygens (including phenoxy) is 1. The summed E-state index contributed by atoms with van der Waals surface area (Å²) in [6, 6.07) is 6.68. The van der Waals surface area contributed by atoms with Crippen molar-refractivity contribution in [1.82, 2.24) is 0 Å².